The number of rotatable bonds is 6. The third-order valence-electron chi connectivity index (χ3n) is 5.13. The summed E-state index contributed by atoms with van der Waals surface area (Å²) in [7, 11) is 0. The van der Waals surface area contributed by atoms with Crippen LogP contribution in [-0.4, -0.2) is 27.3 Å². The van der Waals surface area contributed by atoms with Crippen LogP contribution in [0.5, 0.6) is 0 Å². The fourth-order valence-corrected chi connectivity index (χ4v) is 6.58. The van der Waals surface area contributed by atoms with Crippen molar-refractivity contribution in [1.82, 2.24) is 14.8 Å². The molecule has 1 aliphatic rings. The lowest BCUT2D eigenvalue weighted by molar-refractivity contribution is 0.318. The van der Waals surface area contributed by atoms with Gasteiger partial charge in [-0.15, -0.1) is 0 Å². The number of pyridine rings is 1. The second-order valence-electron chi connectivity index (χ2n) is 7.42. The van der Waals surface area contributed by atoms with E-state index in [0.29, 0.717) is 29.8 Å². The number of halogens is 1. The van der Waals surface area contributed by atoms with Crippen molar-refractivity contribution in [2.75, 3.05) is 6.61 Å². The first-order valence-corrected chi connectivity index (χ1v) is 13.4. The first-order chi connectivity index (χ1) is 16.0. The van der Waals surface area contributed by atoms with E-state index in [1.54, 1.807) is 23.0 Å². The standard InChI is InChI=1S/C24H20ClN4O2PS/c1-17-22-23(29(28-17)21-8-3-2-4-9-21)27-24(18-10-12-19(25)13-11-18)31-32(22,33)30-16-14-20-7-5-6-15-26-20/h2-13,15H,14,16H2,1H3. The molecular formula is C24H20ClN4O2PS. The zero-order valence-corrected chi connectivity index (χ0v) is 20.2. The molecule has 3 heterocycles. The number of fused-ring (bicyclic) bond motifs is 1. The van der Waals surface area contributed by atoms with Gasteiger partial charge in [-0.1, -0.05) is 35.9 Å². The summed E-state index contributed by atoms with van der Waals surface area (Å²) in [6.07, 6.45) is 2.39. The van der Waals surface area contributed by atoms with Crippen molar-refractivity contribution in [3.8, 4) is 5.69 Å². The fraction of sp³-hybridized carbons (Fsp3) is 0.125. The van der Waals surface area contributed by atoms with Crippen LogP contribution in [0.4, 0.5) is 5.82 Å². The van der Waals surface area contributed by atoms with Gasteiger partial charge in [0.2, 0.25) is 5.90 Å². The number of hydrogen-bond acceptors (Lipinski definition) is 6. The van der Waals surface area contributed by atoms with Crippen molar-refractivity contribution in [2.24, 2.45) is 4.99 Å². The first kappa shape index (κ1) is 22.0. The molecule has 1 atom stereocenters. The minimum absolute atomic E-state index is 0.373. The molecule has 2 aromatic carbocycles. The molecule has 6 nitrogen and oxygen atoms in total. The molecule has 0 saturated carbocycles. The Morgan fingerprint density at radius 1 is 1.03 bits per heavy atom. The van der Waals surface area contributed by atoms with Gasteiger partial charge in [0.1, 0.15) is 5.30 Å². The molecule has 0 amide bonds. The van der Waals surface area contributed by atoms with E-state index < -0.39 is 6.49 Å². The third-order valence-corrected chi connectivity index (χ3v) is 8.48. The Morgan fingerprint density at radius 2 is 1.79 bits per heavy atom. The number of aliphatic imine (C=N–C) groups is 1. The van der Waals surface area contributed by atoms with Crippen LogP contribution in [0.3, 0.4) is 0 Å². The summed E-state index contributed by atoms with van der Waals surface area (Å²) in [5, 5.41) is 6.11. The van der Waals surface area contributed by atoms with Gasteiger partial charge in [-0.2, -0.15) is 10.1 Å². The van der Waals surface area contributed by atoms with Crippen molar-refractivity contribution in [2.45, 2.75) is 13.3 Å². The highest BCUT2D eigenvalue weighted by atomic mass is 35.5. The van der Waals surface area contributed by atoms with Crippen LogP contribution in [0.15, 0.2) is 84.0 Å². The lowest BCUT2D eigenvalue weighted by Crippen LogP contribution is -2.21. The molecule has 1 unspecified atom stereocenters. The Balaban J connectivity index is 1.57. The largest absolute Gasteiger partial charge is 0.421 e. The predicted octanol–water partition coefficient (Wildman–Crippen LogP) is 5.53. The van der Waals surface area contributed by atoms with Crippen molar-refractivity contribution in [1.29, 1.82) is 0 Å². The van der Waals surface area contributed by atoms with Crippen molar-refractivity contribution in [3.63, 3.8) is 0 Å². The summed E-state index contributed by atoms with van der Waals surface area (Å²) >= 11 is 12.1. The second kappa shape index (κ2) is 9.20. The monoisotopic (exact) mass is 494 g/mol. The van der Waals surface area contributed by atoms with E-state index in [0.717, 1.165) is 27.9 Å². The van der Waals surface area contributed by atoms with Crippen LogP contribution in [0.2, 0.25) is 5.02 Å². The van der Waals surface area contributed by atoms with Gasteiger partial charge in [-0.3, -0.25) is 4.98 Å². The number of nitrogens with zero attached hydrogens (tertiary/aromatic N) is 4. The predicted molar refractivity (Wildman–Crippen MR) is 135 cm³/mol. The van der Waals surface area contributed by atoms with E-state index >= 15 is 0 Å². The van der Waals surface area contributed by atoms with Gasteiger partial charge in [0, 0.05) is 28.9 Å². The maximum atomic E-state index is 6.33. The highest BCUT2D eigenvalue weighted by molar-refractivity contribution is 8.13. The summed E-state index contributed by atoms with van der Waals surface area (Å²) in [6.45, 7) is -0.670. The van der Waals surface area contributed by atoms with Gasteiger partial charge in [-0.25, -0.2) is 4.68 Å². The summed E-state index contributed by atoms with van der Waals surface area (Å²) in [5.74, 6) is 1.04. The molecule has 0 saturated heterocycles. The summed E-state index contributed by atoms with van der Waals surface area (Å²) in [5.41, 5.74) is 3.33. The first-order valence-electron chi connectivity index (χ1n) is 10.4. The van der Waals surface area contributed by atoms with E-state index in [2.05, 4.69) is 4.98 Å². The molecule has 166 valence electrons. The molecule has 0 bridgehead atoms. The molecule has 0 N–H and O–H groups in total. The average Bonchev–Trinajstić information content (AvgIpc) is 3.18. The van der Waals surface area contributed by atoms with Crippen LogP contribution in [-0.2, 0) is 27.3 Å². The zero-order valence-electron chi connectivity index (χ0n) is 17.8. The summed E-state index contributed by atoms with van der Waals surface area (Å²) < 4.78 is 14.4. The molecule has 0 spiro atoms. The molecule has 0 fully saturated rings. The maximum absolute atomic E-state index is 6.33. The Bertz CT molecular complexity index is 1360. The van der Waals surface area contributed by atoms with E-state index in [4.69, 9.17) is 42.5 Å². The topological polar surface area (TPSA) is 61.5 Å². The van der Waals surface area contributed by atoms with Crippen LogP contribution in [0.25, 0.3) is 5.69 Å². The van der Waals surface area contributed by atoms with Crippen LogP contribution in [0, 0.1) is 6.92 Å². The zero-order chi connectivity index (χ0) is 22.8. The van der Waals surface area contributed by atoms with E-state index in [1.807, 2.05) is 67.6 Å². The van der Waals surface area contributed by atoms with Gasteiger partial charge in [0.05, 0.1) is 18.0 Å². The summed E-state index contributed by atoms with van der Waals surface area (Å²) in [6, 6.07) is 22.9. The Morgan fingerprint density at radius 3 is 2.52 bits per heavy atom. The van der Waals surface area contributed by atoms with E-state index in [-0.39, 0.29) is 0 Å². The van der Waals surface area contributed by atoms with Gasteiger partial charge < -0.3 is 9.05 Å². The molecule has 0 radical (unpaired) electrons. The number of aryl methyl sites for hydroxylation is 1. The normalized spacial score (nSPS) is 17.2. The highest BCUT2D eigenvalue weighted by Gasteiger charge is 2.38. The lowest BCUT2D eigenvalue weighted by atomic mass is 10.2. The maximum Gasteiger partial charge on any atom is 0.276 e. The van der Waals surface area contributed by atoms with Crippen molar-refractivity contribution >= 4 is 46.9 Å². The molecule has 33 heavy (non-hydrogen) atoms. The molecule has 0 aliphatic carbocycles. The molecule has 4 aromatic rings. The highest BCUT2D eigenvalue weighted by Crippen LogP contribution is 2.54. The van der Waals surface area contributed by atoms with Crippen LogP contribution in [0.1, 0.15) is 17.0 Å². The van der Waals surface area contributed by atoms with Gasteiger partial charge in [-0.05, 0) is 67.3 Å². The molecule has 9 heteroatoms. The number of para-hydroxylation sites is 1. The molecule has 1 aliphatic heterocycles. The minimum atomic E-state index is -2.95. The van der Waals surface area contributed by atoms with Gasteiger partial charge in [0.15, 0.2) is 5.82 Å². The summed E-state index contributed by atoms with van der Waals surface area (Å²) in [4.78, 5) is 9.19. The Labute approximate surface area is 202 Å². The van der Waals surface area contributed by atoms with Crippen molar-refractivity contribution in [3.05, 3.63) is 101 Å². The van der Waals surface area contributed by atoms with Crippen molar-refractivity contribution < 1.29 is 9.05 Å². The molecule has 5 rings (SSSR count). The van der Waals surface area contributed by atoms with E-state index in [9.17, 15) is 0 Å². The van der Waals surface area contributed by atoms with Gasteiger partial charge >= 0.3 is 0 Å². The van der Waals surface area contributed by atoms with Crippen LogP contribution >= 0.6 is 18.1 Å². The molecular weight excluding hydrogens is 475 g/mol. The Hall–Kier alpha value is -2.83. The quantitative estimate of drug-likeness (QED) is 0.330. The lowest BCUT2D eigenvalue weighted by Gasteiger charge is -2.27. The number of aromatic nitrogens is 3. The SMILES string of the molecule is Cc1nn(-c2ccccc2)c2c1P(=S)(OCCc1ccccn1)OC(c1ccc(Cl)cc1)=N2. The number of hydrogen-bond donors (Lipinski definition) is 0. The van der Waals surface area contributed by atoms with Gasteiger partial charge in [0.25, 0.3) is 6.49 Å². The minimum Gasteiger partial charge on any atom is -0.421 e. The van der Waals surface area contributed by atoms with E-state index in [1.165, 1.54) is 0 Å². The molecule has 2 aromatic heterocycles. The fourth-order valence-electron chi connectivity index (χ4n) is 3.57. The number of benzene rings is 2. The second-order valence-corrected chi connectivity index (χ2v) is 11.2. The smallest absolute Gasteiger partial charge is 0.276 e. The Kier molecular flexibility index (Phi) is 6.13. The average molecular weight is 495 g/mol. The third kappa shape index (κ3) is 4.50. The van der Waals surface area contributed by atoms with Crippen LogP contribution < -0.4 is 5.30 Å².